The summed E-state index contributed by atoms with van der Waals surface area (Å²) >= 11 is 0. The quantitative estimate of drug-likeness (QED) is 0.743. The number of benzene rings is 1. The van der Waals surface area contributed by atoms with Crippen LogP contribution in [0.1, 0.15) is 42.1 Å². The minimum absolute atomic E-state index is 0.119. The van der Waals surface area contributed by atoms with E-state index in [9.17, 15) is 4.79 Å². The Balaban J connectivity index is 2.13. The van der Waals surface area contributed by atoms with Crippen molar-refractivity contribution in [2.75, 3.05) is 7.11 Å². The number of carbonyl (C=O) groups is 1. The van der Waals surface area contributed by atoms with Crippen LogP contribution in [0.25, 0.3) is 5.57 Å². The molecule has 0 amide bonds. The highest BCUT2D eigenvalue weighted by molar-refractivity contribution is 5.94. The zero-order valence-electron chi connectivity index (χ0n) is 10.4. The Morgan fingerprint density at radius 2 is 2.00 bits per heavy atom. The van der Waals surface area contributed by atoms with E-state index in [1.165, 1.54) is 11.1 Å². The van der Waals surface area contributed by atoms with Crippen molar-refractivity contribution >= 4 is 11.4 Å². The van der Waals surface area contributed by atoms with Crippen molar-refractivity contribution in [2.45, 2.75) is 32.3 Å². The highest BCUT2D eigenvalue weighted by atomic mass is 16.5. The van der Waals surface area contributed by atoms with Crippen LogP contribution in [0.5, 0.6) is 0 Å². The van der Waals surface area contributed by atoms with Gasteiger partial charge in [-0.1, -0.05) is 30.3 Å². The fraction of sp³-hybridized carbons (Fsp3) is 0.400. The van der Waals surface area contributed by atoms with Crippen molar-refractivity contribution in [3.63, 3.8) is 0 Å². The van der Waals surface area contributed by atoms with Crippen molar-refractivity contribution in [1.82, 2.24) is 0 Å². The summed E-state index contributed by atoms with van der Waals surface area (Å²) in [4.78, 5) is 11.2. The van der Waals surface area contributed by atoms with Crippen LogP contribution in [0, 0.1) is 0 Å². The van der Waals surface area contributed by atoms with Gasteiger partial charge in [0.2, 0.25) is 0 Å². The van der Waals surface area contributed by atoms with Crippen molar-refractivity contribution < 1.29 is 9.53 Å². The highest BCUT2D eigenvalue weighted by Crippen LogP contribution is 2.28. The number of ether oxygens (including phenoxy) is 1. The van der Waals surface area contributed by atoms with Crippen LogP contribution in [0.4, 0.5) is 0 Å². The van der Waals surface area contributed by atoms with E-state index in [1.54, 1.807) is 14.0 Å². The van der Waals surface area contributed by atoms with E-state index < -0.39 is 0 Å². The lowest BCUT2D eigenvalue weighted by molar-refractivity contribution is 0.0964. The molecule has 1 aromatic carbocycles. The summed E-state index contributed by atoms with van der Waals surface area (Å²) in [5, 5.41) is 0. The molecule has 0 spiro atoms. The van der Waals surface area contributed by atoms with Crippen LogP contribution in [0.3, 0.4) is 0 Å². The molecular weight excluding hydrogens is 212 g/mol. The molecule has 0 aromatic heterocycles. The van der Waals surface area contributed by atoms with Crippen LogP contribution < -0.4 is 0 Å². The number of Topliss-reactive ketones (excluding diaryl/α,β-unsaturated/α-hetero) is 1. The van der Waals surface area contributed by atoms with E-state index in [0.29, 0.717) is 6.10 Å². The van der Waals surface area contributed by atoms with E-state index >= 15 is 0 Å². The van der Waals surface area contributed by atoms with E-state index in [2.05, 4.69) is 6.08 Å². The molecule has 17 heavy (non-hydrogen) atoms. The van der Waals surface area contributed by atoms with Crippen LogP contribution >= 0.6 is 0 Å². The van der Waals surface area contributed by atoms with Gasteiger partial charge < -0.3 is 4.74 Å². The van der Waals surface area contributed by atoms with Crippen LogP contribution in [0.2, 0.25) is 0 Å². The van der Waals surface area contributed by atoms with Crippen LogP contribution in [-0.2, 0) is 4.74 Å². The first-order valence-corrected chi connectivity index (χ1v) is 6.04. The molecule has 1 unspecified atom stereocenters. The molecule has 2 nitrogen and oxygen atoms in total. The van der Waals surface area contributed by atoms with E-state index in [4.69, 9.17) is 4.74 Å². The summed E-state index contributed by atoms with van der Waals surface area (Å²) in [6, 6.07) is 7.88. The number of hydrogen-bond acceptors (Lipinski definition) is 2. The molecular formula is C15H18O2. The molecule has 2 heteroatoms. The topological polar surface area (TPSA) is 26.3 Å². The normalized spacial score (nSPS) is 19.9. The average molecular weight is 230 g/mol. The third-order valence-electron chi connectivity index (χ3n) is 3.36. The molecule has 1 aliphatic rings. The summed E-state index contributed by atoms with van der Waals surface area (Å²) < 4.78 is 5.34. The number of rotatable bonds is 3. The summed E-state index contributed by atoms with van der Waals surface area (Å²) in [5.41, 5.74) is 3.37. The lowest BCUT2D eigenvalue weighted by Crippen LogP contribution is -2.13. The van der Waals surface area contributed by atoms with Gasteiger partial charge in [-0.3, -0.25) is 4.79 Å². The summed E-state index contributed by atoms with van der Waals surface area (Å²) in [5.74, 6) is 0.119. The van der Waals surface area contributed by atoms with Crippen LogP contribution in [0.15, 0.2) is 30.3 Å². The molecule has 0 heterocycles. The summed E-state index contributed by atoms with van der Waals surface area (Å²) in [7, 11) is 1.77. The van der Waals surface area contributed by atoms with Gasteiger partial charge in [0.1, 0.15) is 0 Å². The predicted molar refractivity (Wildman–Crippen MR) is 69.1 cm³/mol. The Hall–Kier alpha value is -1.41. The van der Waals surface area contributed by atoms with Crippen molar-refractivity contribution in [2.24, 2.45) is 0 Å². The van der Waals surface area contributed by atoms with Crippen LogP contribution in [-0.4, -0.2) is 19.0 Å². The molecule has 0 bridgehead atoms. The molecule has 90 valence electrons. The van der Waals surface area contributed by atoms with Gasteiger partial charge in [0.05, 0.1) is 6.10 Å². The lowest BCUT2D eigenvalue weighted by atomic mass is 9.91. The molecule has 0 aliphatic heterocycles. The predicted octanol–water partition coefficient (Wildman–Crippen LogP) is 3.47. The lowest BCUT2D eigenvalue weighted by Gasteiger charge is -2.20. The number of methoxy groups -OCH3 is 1. The van der Waals surface area contributed by atoms with Crippen molar-refractivity contribution in [3.8, 4) is 0 Å². The van der Waals surface area contributed by atoms with Gasteiger partial charge >= 0.3 is 0 Å². The van der Waals surface area contributed by atoms with Crippen molar-refractivity contribution in [3.05, 3.63) is 41.5 Å². The van der Waals surface area contributed by atoms with Gasteiger partial charge in [0, 0.05) is 12.7 Å². The zero-order chi connectivity index (χ0) is 12.3. The Labute approximate surface area is 102 Å². The fourth-order valence-corrected chi connectivity index (χ4v) is 2.21. The van der Waals surface area contributed by atoms with Gasteiger partial charge in [-0.05, 0) is 37.3 Å². The molecule has 0 saturated carbocycles. The van der Waals surface area contributed by atoms with E-state index in [1.807, 2.05) is 24.3 Å². The SMILES string of the molecule is COC1CC=C(c2ccc(C(C)=O)cc2)CC1. The van der Waals surface area contributed by atoms with E-state index in [-0.39, 0.29) is 5.78 Å². The third-order valence-corrected chi connectivity index (χ3v) is 3.36. The minimum Gasteiger partial charge on any atom is -0.381 e. The van der Waals surface area contributed by atoms with Gasteiger partial charge in [-0.15, -0.1) is 0 Å². The molecule has 0 N–H and O–H groups in total. The Bertz CT molecular complexity index is 429. The van der Waals surface area contributed by atoms with Gasteiger partial charge in [-0.2, -0.15) is 0 Å². The van der Waals surface area contributed by atoms with E-state index in [0.717, 1.165) is 24.8 Å². The highest BCUT2D eigenvalue weighted by Gasteiger charge is 2.14. The van der Waals surface area contributed by atoms with Gasteiger partial charge in [-0.25, -0.2) is 0 Å². The summed E-state index contributed by atoms with van der Waals surface area (Å²) in [6.45, 7) is 1.60. The number of carbonyl (C=O) groups excluding carboxylic acids is 1. The first-order valence-electron chi connectivity index (χ1n) is 6.04. The second-order valence-electron chi connectivity index (χ2n) is 4.49. The molecule has 1 atom stereocenters. The minimum atomic E-state index is 0.119. The van der Waals surface area contributed by atoms with Crippen molar-refractivity contribution in [1.29, 1.82) is 0 Å². The standard InChI is InChI=1S/C15H18O2/c1-11(16)12-3-5-13(6-4-12)14-7-9-15(17-2)10-8-14/h3-7,15H,8-10H2,1-2H3. The largest absolute Gasteiger partial charge is 0.381 e. The Morgan fingerprint density at radius 1 is 1.29 bits per heavy atom. The summed E-state index contributed by atoms with van der Waals surface area (Å²) in [6.07, 6.45) is 5.74. The first kappa shape index (κ1) is 12.1. The first-order chi connectivity index (χ1) is 8.20. The molecule has 1 aliphatic carbocycles. The number of hydrogen-bond donors (Lipinski definition) is 0. The monoisotopic (exact) mass is 230 g/mol. The molecule has 0 fully saturated rings. The maximum Gasteiger partial charge on any atom is 0.159 e. The average Bonchev–Trinajstić information content (AvgIpc) is 2.39. The second-order valence-corrected chi connectivity index (χ2v) is 4.49. The molecule has 0 saturated heterocycles. The second kappa shape index (κ2) is 5.28. The Morgan fingerprint density at radius 3 is 2.47 bits per heavy atom. The van der Waals surface area contributed by atoms with Gasteiger partial charge in [0.15, 0.2) is 5.78 Å². The molecule has 2 rings (SSSR count). The molecule has 1 aromatic rings. The maximum atomic E-state index is 11.2. The third kappa shape index (κ3) is 2.83. The number of allylic oxidation sites excluding steroid dienone is 1. The molecule has 0 radical (unpaired) electrons. The van der Waals surface area contributed by atoms with Gasteiger partial charge in [0.25, 0.3) is 0 Å². The Kier molecular flexibility index (Phi) is 3.75. The zero-order valence-corrected chi connectivity index (χ0v) is 10.4. The fourth-order valence-electron chi connectivity index (χ4n) is 2.21. The maximum absolute atomic E-state index is 11.2. The smallest absolute Gasteiger partial charge is 0.159 e. The number of ketones is 1.